The molecular weight excluding hydrogens is 350 g/mol. The lowest BCUT2D eigenvalue weighted by atomic mass is 10.2. The first-order valence-corrected chi connectivity index (χ1v) is 8.45. The molecule has 0 unspecified atom stereocenters. The Morgan fingerprint density at radius 3 is 2.32 bits per heavy atom. The van der Waals surface area contributed by atoms with Gasteiger partial charge in [0.1, 0.15) is 11.6 Å². The van der Waals surface area contributed by atoms with Crippen LogP contribution < -0.4 is 4.74 Å². The van der Waals surface area contributed by atoms with Gasteiger partial charge in [-0.25, -0.2) is 0 Å². The monoisotopic (exact) mass is 369 g/mol. The van der Waals surface area contributed by atoms with Crippen molar-refractivity contribution in [3.8, 4) is 5.75 Å². The van der Waals surface area contributed by atoms with Gasteiger partial charge >= 0.3 is 0 Å². The standard InChI is InChI=1S/C16H20ClN3O5/c1-12-10-13(2-3-14(12)20(23)24)25-9-4-15(21)18-5-7-19(8-6-18)16(22)11-17/h2-3,10H,4-9,11H2,1H3. The highest BCUT2D eigenvalue weighted by molar-refractivity contribution is 6.27. The van der Waals surface area contributed by atoms with Crippen molar-refractivity contribution < 1.29 is 19.2 Å². The molecule has 0 aliphatic carbocycles. The summed E-state index contributed by atoms with van der Waals surface area (Å²) in [5, 5.41) is 10.8. The third-order valence-corrected chi connectivity index (χ3v) is 4.28. The molecule has 0 radical (unpaired) electrons. The lowest BCUT2D eigenvalue weighted by Gasteiger charge is -2.34. The number of hydrogen-bond donors (Lipinski definition) is 0. The molecule has 2 amide bonds. The van der Waals surface area contributed by atoms with Gasteiger partial charge < -0.3 is 14.5 Å². The molecule has 9 heteroatoms. The molecule has 0 spiro atoms. The van der Waals surface area contributed by atoms with Crippen LogP contribution >= 0.6 is 11.6 Å². The molecule has 1 heterocycles. The number of halogens is 1. The van der Waals surface area contributed by atoms with E-state index in [2.05, 4.69) is 0 Å². The number of rotatable bonds is 6. The third kappa shape index (κ3) is 5.06. The fourth-order valence-electron chi connectivity index (χ4n) is 2.63. The van der Waals surface area contributed by atoms with Crippen molar-refractivity contribution >= 4 is 29.1 Å². The van der Waals surface area contributed by atoms with Crippen molar-refractivity contribution in [3.63, 3.8) is 0 Å². The summed E-state index contributed by atoms with van der Waals surface area (Å²) in [7, 11) is 0. The SMILES string of the molecule is Cc1cc(OCCC(=O)N2CCN(C(=O)CCl)CC2)ccc1[N+](=O)[O-]. The van der Waals surface area contributed by atoms with Gasteiger partial charge in [0, 0.05) is 37.8 Å². The van der Waals surface area contributed by atoms with E-state index in [1.807, 2.05) is 0 Å². The second-order valence-electron chi connectivity index (χ2n) is 5.70. The van der Waals surface area contributed by atoms with Gasteiger partial charge in [-0.2, -0.15) is 0 Å². The third-order valence-electron chi connectivity index (χ3n) is 4.05. The van der Waals surface area contributed by atoms with E-state index in [0.717, 1.165) is 0 Å². The predicted molar refractivity (Wildman–Crippen MR) is 91.8 cm³/mol. The largest absolute Gasteiger partial charge is 0.493 e. The number of ether oxygens (including phenoxy) is 1. The number of carbonyl (C=O) groups excluding carboxylic acids is 2. The summed E-state index contributed by atoms with van der Waals surface area (Å²) in [6.07, 6.45) is 0.208. The Hall–Kier alpha value is -2.35. The normalized spacial score (nSPS) is 14.3. The van der Waals surface area contributed by atoms with Crippen LogP contribution in [0.5, 0.6) is 5.75 Å². The van der Waals surface area contributed by atoms with E-state index in [1.165, 1.54) is 12.1 Å². The summed E-state index contributed by atoms with van der Waals surface area (Å²) in [4.78, 5) is 37.3. The fourth-order valence-corrected chi connectivity index (χ4v) is 2.80. The van der Waals surface area contributed by atoms with E-state index in [4.69, 9.17) is 16.3 Å². The lowest BCUT2D eigenvalue weighted by molar-refractivity contribution is -0.385. The molecule has 1 aromatic rings. The van der Waals surface area contributed by atoms with E-state index in [0.29, 0.717) is 37.5 Å². The number of piperazine rings is 1. The van der Waals surface area contributed by atoms with Gasteiger partial charge in [-0.05, 0) is 19.1 Å². The molecule has 1 aromatic carbocycles. The van der Waals surface area contributed by atoms with Gasteiger partial charge in [-0.3, -0.25) is 19.7 Å². The topological polar surface area (TPSA) is 93.0 Å². The maximum atomic E-state index is 12.2. The van der Waals surface area contributed by atoms with Crippen LogP contribution in [0.1, 0.15) is 12.0 Å². The number of nitrogens with zero attached hydrogens (tertiary/aromatic N) is 3. The second kappa shape index (κ2) is 8.66. The first-order valence-electron chi connectivity index (χ1n) is 7.91. The average molecular weight is 370 g/mol. The van der Waals surface area contributed by atoms with Crippen LogP contribution in [0.2, 0.25) is 0 Å². The summed E-state index contributed by atoms with van der Waals surface area (Å²) in [5.74, 6) is 0.284. The minimum atomic E-state index is -0.447. The highest BCUT2D eigenvalue weighted by Crippen LogP contribution is 2.23. The van der Waals surface area contributed by atoms with Gasteiger partial charge in [0.25, 0.3) is 5.69 Å². The molecule has 25 heavy (non-hydrogen) atoms. The van der Waals surface area contributed by atoms with Gasteiger partial charge in [0.2, 0.25) is 11.8 Å². The Labute approximate surface area is 150 Å². The molecular formula is C16H20ClN3O5. The van der Waals surface area contributed by atoms with Crippen molar-refractivity contribution in [2.75, 3.05) is 38.7 Å². The quantitative estimate of drug-likeness (QED) is 0.431. The summed E-state index contributed by atoms with van der Waals surface area (Å²) >= 11 is 5.52. The van der Waals surface area contributed by atoms with Crippen LogP contribution in [0, 0.1) is 17.0 Å². The van der Waals surface area contributed by atoms with Gasteiger partial charge in [-0.15, -0.1) is 11.6 Å². The van der Waals surface area contributed by atoms with E-state index in [1.54, 1.807) is 22.8 Å². The van der Waals surface area contributed by atoms with Crippen LogP contribution in [0.4, 0.5) is 5.69 Å². The Balaban J connectivity index is 1.77. The first-order chi connectivity index (χ1) is 11.9. The summed E-state index contributed by atoms with van der Waals surface area (Å²) in [6, 6.07) is 4.49. The molecule has 0 bridgehead atoms. The number of benzene rings is 1. The van der Waals surface area contributed by atoms with E-state index in [-0.39, 0.29) is 36.4 Å². The van der Waals surface area contributed by atoms with Crippen molar-refractivity contribution in [3.05, 3.63) is 33.9 Å². The van der Waals surface area contributed by atoms with Crippen LogP contribution in [0.15, 0.2) is 18.2 Å². The molecule has 1 fully saturated rings. The second-order valence-corrected chi connectivity index (χ2v) is 5.97. The molecule has 1 saturated heterocycles. The highest BCUT2D eigenvalue weighted by atomic mass is 35.5. The fraction of sp³-hybridized carbons (Fsp3) is 0.500. The Bertz CT molecular complexity index is 659. The molecule has 0 aromatic heterocycles. The van der Waals surface area contributed by atoms with Crippen molar-refractivity contribution in [2.24, 2.45) is 0 Å². The minimum absolute atomic E-state index is 0.0350. The molecule has 0 N–H and O–H groups in total. The number of nitro groups is 1. The number of aryl methyl sites for hydroxylation is 1. The van der Waals surface area contributed by atoms with Crippen molar-refractivity contribution in [1.82, 2.24) is 9.80 Å². The molecule has 136 valence electrons. The minimum Gasteiger partial charge on any atom is -0.493 e. The van der Waals surface area contributed by atoms with Crippen molar-refractivity contribution in [2.45, 2.75) is 13.3 Å². The van der Waals surface area contributed by atoms with Crippen molar-refractivity contribution in [1.29, 1.82) is 0 Å². The van der Waals surface area contributed by atoms with Crippen LogP contribution in [0.25, 0.3) is 0 Å². The smallest absolute Gasteiger partial charge is 0.272 e. The molecule has 8 nitrogen and oxygen atoms in total. The van der Waals surface area contributed by atoms with E-state index >= 15 is 0 Å². The number of hydrogen-bond acceptors (Lipinski definition) is 5. The summed E-state index contributed by atoms with van der Waals surface area (Å²) < 4.78 is 5.51. The molecule has 1 aliphatic rings. The zero-order valence-corrected chi connectivity index (χ0v) is 14.7. The molecule has 1 aliphatic heterocycles. The summed E-state index contributed by atoms with van der Waals surface area (Å²) in [5.41, 5.74) is 0.543. The van der Waals surface area contributed by atoms with E-state index < -0.39 is 4.92 Å². The Morgan fingerprint density at radius 2 is 1.80 bits per heavy atom. The zero-order chi connectivity index (χ0) is 18.4. The number of carbonyl (C=O) groups is 2. The van der Waals surface area contributed by atoms with Crippen LogP contribution in [-0.2, 0) is 9.59 Å². The maximum Gasteiger partial charge on any atom is 0.272 e. The maximum absolute atomic E-state index is 12.2. The molecule has 0 saturated carbocycles. The number of alkyl halides is 1. The Morgan fingerprint density at radius 1 is 1.20 bits per heavy atom. The molecule has 2 rings (SSSR count). The van der Waals surface area contributed by atoms with Gasteiger partial charge in [0.05, 0.1) is 18.0 Å². The Kier molecular flexibility index (Phi) is 6.58. The zero-order valence-electron chi connectivity index (χ0n) is 13.9. The summed E-state index contributed by atoms with van der Waals surface area (Å²) in [6.45, 7) is 3.77. The number of nitro benzene ring substituents is 1. The predicted octanol–water partition coefficient (Wildman–Crippen LogP) is 1.58. The first kappa shape index (κ1) is 19.0. The number of amides is 2. The van der Waals surface area contributed by atoms with Crippen LogP contribution in [-0.4, -0.2) is 65.2 Å². The molecule has 0 atom stereocenters. The van der Waals surface area contributed by atoms with Gasteiger partial charge in [-0.1, -0.05) is 0 Å². The van der Waals surface area contributed by atoms with E-state index in [9.17, 15) is 19.7 Å². The highest BCUT2D eigenvalue weighted by Gasteiger charge is 2.23. The average Bonchev–Trinajstić information content (AvgIpc) is 2.60. The van der Waals surface area contributed by atoms with Gasteiger partial charge in [0.15, 0.2) is 0 Å². The van der Waals surface area contributed by atoms with Crippen LogP contribution in [0.3, 0.4) is 0 Å². The lowest BCUT2D eigenvalue weighted by Crippen LogP contribution is -2.51.